The third-order valence-electron chi connectivity index (χ3n) is 3.68. The molecule has 0 saturated carbocycles. The van der Waals surface area contributed by atoms with Crippen LogP contribution in [0.1, 0.15) is 37.4 Å². The molecule has 0 aliphatic carbocycles. The van der Waals surface area contributed by atoms with E-state index in [1.54, 1.807) is 0 Å². The molecule has 1 aromatic rings. The molecule has 2 unspecified atom stereocenters. The van der Waals surface area contributed by atoms with Crippen LogP contribution in [0.2, 0.25) is 0 Å². The summed E-state index contributed by atoms with van der Waals surface area (Å²) in [5.41, 5.74) is 2.00. The molecular weight excluding hydrogens is 270 g/mol. The van der Waals surface area contributed by atoms with Crippen molar-refractivity contribution in [2.45, 2.75) is 38.8 Å². The average Bonchev–Trinajstić information content (AvgIpc) is 2.74. The van der Waals surface area contributed by atoms with Crippen LogP contribution in [-0.4, -0.2) is 42.8 Å². The van der Waals surface area contributed by atoms with E-state index in [-0.39, 0.29) is 18.6 Å². The number of nitrogens with zero attached hydrogens (tertiary/aromatic N) is 1. The molecule has 5 heteroatoms. The lowest BCUT2D eigenvalue weighted by molar-refractivity contribution is -0.138. The molecule has 116 valence electrons. The molecule has 2 rings (SSSR count). The van der Waals surface area contributed by atoms with E-state index in [1.165, 1.54) is 0 Å². The first-order chi connectivity index (χ1) is 9.92. The Morgan fingerprint density at radius 1 is 1.52 bits per heavy atom. The van der Waals surface area contributed by atoms with Crippen molar-refractivity contribution in [3.8, 4) is 11.5 Å². The molecule has 0 amide bonds. The van der Waals surface area contributed by atoms with Gasteiger partial charge in [0.1, 0.15) is 17.6 Å². The van der Waals surface area contributed by atoms with Crippen LogP contribution in [0.15, 0.2) is 12.1 Å². The fraction of sp³-hybridized carbons (Fsp3) is 0.562. The van der Waals surface area contributed by atoms with Gasteiger partial charge in [0.25, 0.3) is 0 Å². The number of benzene rings is 1. The summed E-state index contributed by atoms with van der Waals surface area (Å²) >= 11 is 0. The number of carboxylic acids is 1. The molecule has 0 spiro atoms. The SMILES string of the molecule is CCOc1cc2c(cc1C(CC(=O)O)N(C)C)OC(C)C2. The molecule has 0 radical (unpaired) electrons. The number of aliphatic carboxylic acids is 1. The molecule has 0 fully saturated rings. The van der Waals surface area contributed by atoms with Crippen LogP contribution in [0, 0.1) is 0 Å². The van der Waals surface area contributed by atoms with E-state index in [9.17, 15) is 4.79 Å². The van der Waals surface area contributed by atoms with Crippen molar-refractivity contribution in [3.63, 3.8) is 0 Å². The van der Waals surface area contributed by atoms with Crippen LogP contribution in [-0.2, 0) is 11.2 Å². The summed E-state index contributed by atoms with van der Waals surface area (Å²) in [6.45, 7) is 4.51. The monoisotopic (exact) mass is 293 g/mol. The predicted octanol–water partition coefficient (Wildman–Crippen LogP) is 2.49. The summed E-state index contributed by atoms with van der Waals surface area (Å²) in [5, 5.41) is 9.15. The zero-order chi connectivity index (χ0) is 15.6. The smallest absolute Gasteiger partial charge is 0.305 e. The number of hydrogen-bond acceptors (Lipinski definition) is 4. The van der Waals surface area contributed by atoms with Crippen molar-refractivity contribution in [1.29, 1.82) is 0 Å². The highest BCUT2D eigenvalue weighted by Gasteiger charge is 2.27. The van der Waals surface area contributed by atoms with Crippen LogP contribution in [0.25, 0.3) is 0 Å². The largest absolute Gasteiger partial charge is 0.494 e. The van der Waals surface area contributed by atoms with Crippen molar-refractivity contribution in [2.75, 3.05) is 20.7 Å². The summed E-state index contributed by atoms with van der Waals surface area (Å²) < 4.78 is 11.5. The molecule has 1 aliphatic rings. The Balaban J connectivity index is 2.44. The second kappa shape index (κ2) is 6.35. The highest BCUT2D eigenvalue weighted by atomic mass is 16.5. The van der Waals surface area contributed by atoms with Crippen molar-refractivity contribution in [1.82, 2.24) is 4.90 Å². The minimum absolute atomic E-state index is 0.0292. The summed E-state index contributed by atoms with van der Waals surface area (Å²) in [7, 11) is 3.75. The maximum absolute atomic E-state index is 11.1. The van der Waals surface area contributed by atoms with E-state index in [4.69, 9.17) is 14.6 Å². The van der Waals surface area contributed by atoms with Gasteiger partial charge in [-0.15, -0.1) is 0 Å². The lowest BCUT2D eigenvalue weighted by Gasteiger charge is -2.25. The van der Waals surface area contributed by atoms with Crippen molar-refractivity contribution in [3.05, 3.63) is 23.3 Å². The van der Waals surface area contributed by atoms with Crippen LogP contribution in [0.3, 0.4) is 0 Å². The van der Waals surface area contributed by atoms with Crippen molar-refractivity contribution < 1.29 is 19.4 Å². The van der Waals surface area contributed by atoms with Gasteiger partial charge < -0.3 is 19.5 Å². The van der Waals surface area contributed by atoms with Gasteiger partial charge in [0.2, 0.25) is 0 Å². The number of carboxylic acid groups (broad SMARTS) is 1. The molecule has 0 saturated heterocycles. The molecule has 1 N–H and O–H groups in total. The number of ether oxygens (including phenoxy) is 2. The van der Waals surface area contributed by atoms with Crippen LogP contribution >= 0.6 is 0 Å². The summed E-state index contributed by atoms with van der Waals surface area (Å²) in [5.74, 6) is 0.776. The first kappa shape index (κ1) is 15.6. The van der Waals surface area contributed by atoms with Gasteiger partial charge in [0.15, 0.2) is 0 Å². The Morgan fingerprint density at radius 2 is 2.24 bits per heavy atom. The summed E-state index contributed by atoms with van der Waals surface area (Å²) in [4.78, 5) is 13.0. The molecule has 5 nitrogen and oxygen atoms in total. The highest BCUT2D eigenvalue weighted by Crippen LogP contribution is 2.39. The van der Waals surface area contributed by atoms with Crippen LogP contribution < -0.4 is 9.47 Å². The quantitative estimate of drug-likeness (QED) is 0.873. The maximum Gasteiger partial charge on any atom is 0.305 e. The molecule has 2 atom stereocenters. The molecule has 21 heavy (non-hydrogen) atoms. The first-order valence-electron chi connectivity index (χ1n) is 7.26. The molecule has 0 bridgehead atoms. The van der Waals surface area contributed by atoms with Gasteiger partial charge >= 0.3 is 5.97 Å². The zero-order valence-corrected chi connectivity index (χ0v) is 13.0. The Bertz CT molecular complexity index is 527. The highest BCUT2D eigenvalue weighted by molar-refractivity contribution is 5.68. The van der Waals surface area contributed by atoms with E-state index < -0.39 is 5.97 Å². The van der Waals surface area contributed by atoms with E-state index in [2.05, 4.69) is 0 Å². The normalized spacial score (nSPS) is 18.2. The Morgan fingerprint density at radius 3 is 2.81 bits per heavy atom. The molecule has 1 aromatic carbocycles. The number of rotatable bonds is 6. The molecule has 0 aromatic heterocycles. The second-order valence-electron chi connectivity index (χ2n) is 5.64. The fourth-order valence-electron chi connectivity index (χ4n) is 2.73. The first-order valence-corrected chi connectivity index (χ1v) is 7.26. The van der Waals surface area contributed by atoms with Gasteiger partial charge in [0, 0.05) is 23.6 Å². The van der Waals surface area contributed by atoms with E-state index in [0.29, 0.717) is 6.61 Å². The molecule has 1 aliphatic heterocycles. The summed E-state index contributed by atoms with van der Waals surface area (Å²) in [6, 6.07) is 3.70. The number of hydrogen-bond donors (Lipinski definition) is 1. The third-order valence-corrected chi connectivity index (χ3v) is 3.68. The van der Waals surface area contributed by atoms with Crippen LogP contribution in [0.4, 0.5) is 0 Å². The van der Waals surface area contributed by atoms with Gasteiger partial charge in [-0.1, -0.05) is 0 Å². The second-order valence-corrected chi connectivity index (χ2v) is 5.64. The van der Waals surface area contributed by atoms with E-state index in [1.807, 2.05) is 45.0 Å². The van der Waals surface area contributed by atoms with Gasteiger partial charge in [-0.2, -0.15) is 0 Å². The predicted molar refractivity (Wildman–Crippen MR) is 80.1 cm³/mol. The summed E-state index contributed by atoms with van der Waals surface area (Å²) in [6.07, 6.45) is 1.05. The van der Waals surface area contributed by atoms with E-state index >= 15 is 0 Å². The lowest BCUT2D eigenvalue weighted by Crippen LogP contribution is -2.23. The fourth-order valence-corrected chi connectivity index (χ4v) is 2.73. The van der Waals surface area contributed by atoms with Gasteiger partial charge in [-0.25, -0.2) is 0 Å². The topological polar surface area (TPSA) is 59.0 Å². The minimum Gasteiger partial charge on any atom is -0.494 e. The Hall–Kier alpha value is -1.75. The van der Waals surface area contributed by atoms with Crippen molar-refractivity contribution >= 4 is 5.97 Å². The van der Waals surface area contributed by atoms with Crippen LogP contribution in [0.5, 0.6) is 11.5 Å². The zero-order valence-electron chi connectivity index (χ0n) is 13.0. The van der Waals surface area contributed by atoms with Crippen molar-refractivity contribution in [2.24, 2.45) is 0 Å². The van der Waals surface area contributed by atoms with Gasteiger partial charge in [-0.05, 0) is 40.1 Å². The number of carbonyl (C=O) groups is 1. The third kappa shape index (κ3) is 3.47. The molecular formula is C16H23NO4. The maximum atomic E-state index is 11.1. The minimum atomic E-state index is -0.828. The molecule has 1 heterocycles. The lowest BCUT2D eigenvalue weighted by atomic mass is 9.98. The standard InChI is InChI=1S/C16H23NO4/c1-5-20-15-7-11-6-10(2)21-14(11)8-12(15)13(17(3)4)9-16(18)19/h7-8,10,13H,5-6,9H2,1-4H3,(H,18,19). The van der Waals surface area contributed by atoms with Gasteiger partial charge in [0.05, 0.1) is 13.0 Å². The number of fused-ring (bicyclic) bond motifs is 1. The van der Waals surface area contributed by atoms with E-state index in [0.717, 1.165) is 29.0 Å². The average molecular weight is 293 g/mol. The van der Waals surface area contributed by atoms with Gasteiger partial charge in [-0.3, -0.25) is 4.79 Å². The Labute approximate surface area is 125 Å². The Kier molecular flexibility index (Phi) is 4.73.